The molecule has 236 valence electrons. The number of benzene rings is 1. The number of piperazine rings is 1. The highest BCUT2D eigenvalue weighted by molar-refractivity contribution is 5.97. The maximum atomic E-state index is 16.6. The van der Waals surface area contributed by atoms with Gasteiger partial charge >= 0.3 is 12.2 Å². The van der Waals surface area contributed by atoms with E-state index in [0.717, 1.165) is 32.4 Å². The van der Waals surface area contributed by atoms with Crippen LogP contribution in [0.1, 0.15) is 37.3 Å². The van der Waals surface area contributed by atoms with Crippen molar-refractivity contribution >= 4 is 22.4 Å². The maximum absolute atomic E-state index is 16.6. The molecule has 0 unspecified atom stereocenters. The maximum Gasteiger partial charge on any atom is 0.417 e. The van der Waals surface area contributed by atoms with Crippen LogP contribution in [0.2, 0.25) is 0 Å². The Balaban J connectivity index is 1.43. The molecule has 3 saturated heterocycles. The topological polar surface area (TPSA) is 102 Å². The summed E-state index contributed by atoms with van der Waals surface area (Å²) in [6, 6.07) is 0.245. The van der Waals surface area contributed by atoms with E-state index in [1.54, 1.807) is 6.92 Å². The Hall–Kier alpha value is -3.59. The van der Waals surface area contributed by atoms with Crippen LogP contribution < -0.4 is 25.4 Å². The zero-order valence-corrected chi connectivity index (χ0v) is 24.1. The third-order valence-corrected chi connectivity index (χ3v) is 9.40. The summed E-state index contributed by atoms with van der Waals surface area (Å²) in [7, 11) is 0. The Kier molecular flexibility index (Phi) is 6.77. The Morgan fingerprint density at radius 2 is 1.98 bits per heavy atom. The van der Waals surface area contributed by atoms with Gasteiger partial charge in [0, 0.05) is 38.2 Å². The number of nitrogens with zero attached hydrogens (tertiary/aromatic N) is 5. The average Bonchev–Trinajstić information content (AvgIpc) is 3.46. The van der Waals surface area contributed by atoms with Gasteiger partial charge in [-0.25, -0.2) is 18.2 Å². The number of hydrogen-bond donors (Lipinski definition) is 2. The lowest BCUT2D eigenvalue weighted by Crippen LogP contribution is -2.56. The molecular weight excluding hydrogens is 592 g/mol. The van der Waals surface area contributed by atoms with Gasteiger partial charge in [0.15, 0.2) is 5.82 Å². The van der Waals surface area contributed by atoms with Gasteiger partial charge in [-0.3, -0.25) is 4.90 Å². The number of rotatable bonds is 4. The van der Waals surface area contributed by atoms with Gasteiger partial charge in [-0.05, 0) is 44.9 Å². The van der Waals surface area contributed by atoms with Gasteiger partial charge in [-0.15, -0.1) is 0 Å². The van der Waals surface area contributed by atoms with Crippen LogP contribution in [0.4, 0.5) is 37.8 Å². The molecule has 1 aromatic carbocycles. The molecule has 3 N–H and O–H groups in total. The molecule has 0 radical (unpaired) electrons. The van der Waals surface area contributed by atoms with Crippen molar-refractivity contribution in [2.75, 3.05) is 50.0 Å². The van der Waals surface area contributed by atoms with Crippen molar-refractivity contribution in [2.24, 2.45) is 0 Å². The fraction of sp³-hybridized carbons (Fsp3) is 0.552. The van der Waals surface area contributed by atoms with E-state index in [1.165, 1.54) is 0 Å². The minimum atomic E-state index is -5.06. The molecule has 4 aliphatic rings. The smallest absolute Gasteiger partial charge is 0.417 e. The molecule has 0 aliphatic carbocycles. The second-order valence-electron chi connectivity index (χ2n) is 12.1. The molecule has 44 heavy (non-hydrogen) atoms. The van der Waals surface area contributed by atoms with Gasteiger partial charge in [0.2, 0.25) is 5.88 Å². The van der Waals surface area contributed by atoms with Gasteiger partial charge in [0.25, 0.3) is 0 Å². The number of ether oxygens (including phenoxy) is 2. The van der Waals surface area contributed by atoms with Gasteiger partial charge in [-0.1, -0.05) is 0 Å². The van der Waals surface area contributed by atoms with Crippen molar-refractivity contribution in [3.8, 4) is 23.1 Å². The number of anilines is 2. The minimum Gasteiger partial charge on any atom is -0.472 e. The molecule has 0 amide bonds. The number of nitrogen functional groups attached to an aromatic ring is 1. The largest absolute Gasteiger partial charge is 0.472 e. The number of alkyl halides is 4. The van der Waals surface area contributed by atoms with Crippen molar-refractivity contribution in [1.29, 1.82) is 0 Å². The predicted octanol–water partition coefficient (Wildman–Crippen LogP) is 4.39. The van der Waals surface area contributed by atoms with Crippen LogP contribution in [0.25, 0.3) is 22.2 Å². The molecule has 7 rings (SSSR count). The highest BCUT2D eigenvalue weighted by atomic mass is 19.4. The van der Waals surface area contributed by atoms with Crippen molar-refractivity contribution < 1.29 is 35.8 Å². The number of nitrogens with one attached hydrogen (secondary N) is 1. The Bertz CT molecular complexity index is 1660. The van der Waals surface area contributed by atoms with Gasteiger partial charge in [-0.2, -0.15) is 23.1 Å². The normalized spacial score (nSPS) is 26.8. The molecule has 0 bridgehead atoms. The SMILES string of the molecule is Cc1c(F)c(N)cc(-c2nc3c4c(nc(OC[C@@]56CCCN5C[C@H](F)C6)nc4c2F)N2CCNC[C@H]2[C@@H](C)O3)c1C(F)(F)F. The van der Waals surface area contributed by atoms with Gasteiger partial charge < -0.3 is 25.4 Å². The van der Waals surface area contributed by atoms with Crippen LogP contribution in [-0.2, 0) is 6.18 Å². The summed E-state index contributed by atoms with van der Waals surface area (Å²) in [6.45, 7) is 5.37. The fourth-order valence-corrected chi connectivity index (χ4v) is 7.32. The van der Waals surface area contributed by atoms with E-state index in [0.29, 0.717) is 26.2 Å². The summed E-state index contributed by atoms with van der Waals surface area (Å²) in [4.78, 5) is 17.2. The lowest BCUT2D eigenvalue weighted by Gasteiger charge is -2.38. The van der Waals surface area contributed by atoms with Gasteiger partial charge in [0.1, 0.15) is 47.1 Å². The van der Waals surface area contributed by atoms with Crippen molar-refractivity contribution in [3.63, 3.8) is 0 Å². The first kappa shape index (κ1) is 29.1. The standard InChI is InChI=1S/C29H31F6N7O2/c1-13-20(29(33,34)35)16(8-17(36)21(13)31)23-22(32)24-19-25(42-7-5-37-10-18(42)14(2)44-26(19)38-23)40-27(39-24)43-12-28-4-3-6-41(28)11-15(30)9-28/h8,14-15,18,37H,3-7,9-12,36H2,1-2H3/t14-,15-,18+,28+/m1/s1. The Morgan fingerprint density at radius 3 is 2.75 bits per heavy atom. The molecule has 3 aromatic rings. The van der Waals surface area contributed by atoms with Crippen molar-refractivity contribution in [2.45, 2.75) is 63.1 Å². The summed E-state index contributed by atoms with van der Waals surface area (Å²) < 4.78 is 101. The van der Waals surface area contributed by atoms with Crippen molar-refractivity contribution in [1.82, 2.24) is 25.2 Å². The Morgan fingerprint density at radius 1 is 1.18 bits per heavy atom. The number of pyridine rings is 1. The molecule has 0 spiro atoms. The van der Waals surface area contributed by atoms with E-state index < -0.39 is 63.7 Å². The first-order valence-corrected chi connectivity index (χ1v) is 14.6. The molecule has 3 fully saturated rings. The first-order chi connectivity index (χ1) is 20.9. The predicted molar refractivity (Wildman–Crippen MR) is 149 cm³/mol. The number of hydrogen-bond acceptors (Lipinski definition) is 9. The quantitative estimate of drug-likeness (QED) is 0.324. The molecule has 4 aliphatic heterocycles. The van der Waals surface area contributed by atoms with E-state index in [9.17, 15) is 22.0 Å². The van der Waals surface area contributed by atoms with E-state index >= 15 is 4.39 Å². The minimum absolute atomic E-state index is 0.0641. The zero-order valence-electron chi connectivity index (χ0n) is 24.1. The van der Waals surface area contributed by atoms with Crippen LogP contribution in [0.15, 0.2) is 6.07 Å². The lowest BCUT2D eigenvalue weighted by molar-refractivity contribution is -0.137. The van der Waals surface area contributed by atoms with Crippen molar-refractivity contribution in [3.05, 3.63) is 28.8 Å². The average molecular weight is 624 g/mol. The third kappa shape index (κ3) is 4.49. The van der Waals surface area contributed by atoms with Crippen LogP contribution in [0, 0.1) is 18.6 Å². The molecular formula is C29H31F6N7O2. The fourth-order valence-electron chi connectivity index (χ4n) is 7.32. The monoisotopic (exact) mass is 623 g/mol. The van der Waals surface area contributed by atoms with E-state index in [1.807, 2.05) is 4.90 Å². The second kappa shape index (κ2) is 10.2. The number of fused-ring (bicyclic) bond motifs is 3. The number of nitrogens with two attached hydrogens (primary N) is 1. The van der Waals surface area contributed by atoms with E-state index in [4.69, 9.17) is 15.2 Å². The summed E-state index contributed by atoms with van der Waals surface area (Å²) in [5.74, 6) is -2.33. The van der Waals surface area contributed by atoms with E-state index in [-0.39, 0.29) is 47.7 Å². The van der Waals surface area contributed by atoms with E-state index in [2.05, 4.69) is 25.2 Å². The molecule has 2 aromatic heterocycles. The summed E-state index contributed by atoms with van der Waals surface area (Å²) >= 11 is 0. The lowest BCUT2D eigenvalue weighted by atomic mass is 9.95. The third-order valence-electron chi connectivity index (χ3n) is 9.40. The van der Waals surface area contributed by atoms with Crippen LogP contribution in [0.5, 0.6) is 11.9 Å². The van der Waals surface area contributed by atoms with Crippen LogP contribution in [0.3, 0.4) is 0 Å². The molecule has 9 nitrogen and oxygen atoms in total. The highest BCUT2D eigenvalue weighted by Crippen LogP contribution is 2.46. The second-order valence-corrected chi connectivity index (χ2v) is 12.1. The molecule has 6 heterocycles. The summed E-state index contributed by atoms with van der Waals surface area (Å²) in [6.07, 6.45) is -4.70. The molecule has 0 saturated carbocycles. The summed E-state index contributed by atoms with van der Waals surface area (Å²) in [5.41, 5.74) is 0.557. The molecule has 15 heteroatoms. The molecule has 4 atom stereocenters. The number of aromatic nitrogens is 3. The van der Waals surface area contributed by atoms with Crippen LogP contribution in [-0.4, -0.2) is 83.0 Å². The number of halogens is 6. The zero-order chi connectivity index (χ0) is 31.1. The van der Waals surface area contributed by atoms with Gasteiger partial charge in [0.05, 0.1) is 22.8 Å². The first-order valence-electron chi connectivity index (χ1n) is 14.6. The Labute approximate surface area is 248 Å². The summed E-state index contributed by atoms with van der Waals surface area (Å²) in [5, 5.41) is 3.37. The highest BCUT2D eigenvalue weighted by Gasteiger charge is 2.49. The van der Waals surface area contributed by atoms with Crippen LogP contribution >= 0.6 is 0 Å².